The highest BCUT2D eigenvalue weighted by Crippen LogP contribution is 2.33. The van der Waals surface area contributed by atoms with Crippen LogP contribution in [0.3, 0.4) is 0 Å². The summed E-state index contributed by atoms with van der Waals surface area (Å²) in [6.45, 7) is 4.87. The van der Waals surface area contributed by atoms with E-state index in [-0.39, 0.29) is 23.4 Å². The zero-order valence-corrected chi connectivity index (χ0v) is 16.7. The standard InChI is InChI=1S/C20H25N3O3S/c1-14-4-6-16(7-5-14)12-22(3)20(24)13-23-15(2)10-17-11-18(27(21,25)26)8-9-19(17)23/h4-9,11,15H,10,12-13H2,1-3H3,(H2,21,25,26)/t15-/m0/s1. The minimum atomic E-state index is -3.73. The SMILES string of the molecule is Cc1ccc(CN(C)C(=O)CN2c3ccc(S(N)(=O)=O)cc3C[C@@H]2C)cc1. The molecule has 1 heterocycles. The number of hydrogen-bond acceptors (Lipinski definition) is 4. The highest BCUT2D eigenvalue weighted by atomic mass is 32.2. The molecule has 0 aliphatic carbocycles. The van der Waals surface area contributed by atoms with E-state index in [1.54, 1.807) is 24.1 Å². The number of carbonyl (C=O) groups excluding carboxylic acids is 1. The topological polar surface area (TPSA) is 83.7 Å². The fourth-order valence-electron chi connectivity index (χ4n) is 3.41. The lowest BCUT2D eigenvalue weighted by Crippen LogP contribution is -2.40. The largest absolute Gasteiger partial charge is 0.359 e. The van der Waals surface area contributed by atoms with Crippen molar-refractivity contribution < 1.29 is 13.2 Å². The number of nitrogens with zero attached hydrogens (tertiary/aromatic N) is 2. The van der Waals surface area contributed by atoms with Crippen LogP contribution in [0.25, 0.3) is 0 Å². The number of sulfonamides is 1. The molecule has 0 aromatic heterocycles. The summed E-state index contributed by atoms with van der Waals surface area (Å²) in [5.41, 5.74) is 4.08. The van der Waals surface area contributed by atoms with Crippen LogP contribution in [0.2, 0.25) is 0 Å². The van der Waals surface area contributed by atoms with Crippen LogP contribution < -0.4 is 10.0 Å². The molecule has 2 N–H and O–H groups in total. The smallest absolute Gasteiger partial charge is 0.242 e. The maximum atomic E-state index is 12.7. The van der Waals surface area contributed by atoms with Crippen molar-refractivity contribution in [3.8, 4) is 0 Å². The van der Waals surface area contributed by atoms with Crippen LogP contribution in [0, 0.1) is 6.92 Å². The maximum absolute atomic E-state index is 12.7. The van der Waals surface area contributed by atoms with Gasteiger partial charge >= 0.3 is 0 Å². The summed E-state index contributed by atoms with van der Waals surface area (Å²) in [5.74, 6) is 0.0193. The summed E-state index contributed by atoms with van der Waals surface area (Å²) < 4.78 is 23.1. The van der Waals surface area contributed by atoms with Gasteiger partial charge in [0.25, 0.3) is 0 Å². The fraction of sp³-hybridized carbons (Fsp3) is 0.350. The van der Waals surface area contributed by atoms with Gasteiger partial charge in [-0.15, -0.1) is 0 Å². The predicted molar refractivity (Wildman–Crippen MR) is 106 cm³/mol. The molecular formula is C20H25N3O3S. The highest BCUT2D eigenvalue weighted by molar-refractivity contribution is 7.89. The molecule has 1 atom stereocenters. The van der Waals surface area contributed by atoms with Gasteiger partial charge in [-0.25, -0.2) is 13.6 Å². The Morgan fingerprint density at radius 2 is 1.89 bits per heavy atom. The van der Waals surface area contributed by atoms with E-state index in [2.05, 4.69) is 0 Å². The molecule has 0 unspecified atom stereocenters. The molecular weight excluding hydrogens is 362 g/mol. The first-order valence-corrected chi connectivity index (χ1v) is 10.4. The summed E-state index contributed by atoms with van der Waals surface area (Å²) >= 11 is 0. The summed E-state index contributed by atoms with van der Waals surface area (Å²) in [5, 5.41) is 5.22. The average Bonchev–Trinajstić information content (AvgIpc) is 2.91. The minimum absolute atomic E-state index is 0.0193. The van der Waals surface area contributed by atoms with E-state index >= 15 is 0 Å². The Morgan fingerprint density at radius 1 is 1.22 bits per heavy atom. The van der Waals surface area contributed by atoms with E-state index in [9.17, 15) is 13.2 Å². The van der Waals surface area contributed by atoms with Crippen LogP contribution in [0.1, 0.15) is 23.6 Å². The molecule has 0 radical (unpaired) electrons. The van der Waals surface area contributed by atoms with Crippen molar-refractivity contribution in [3.63, 3.8) is 0 Å². The van der Waals surface area contributed by atoms with Gasteiger partial charge in [0.15, 0.2) is 0 Å². The molecule has 2 aromatic rings. The molecule has 1 amide bonds. The number of anilines is 1. The molecule has 6 nitrogen and oxygen atoms in total. The van der Waals surface area contributed by atoms with Gasteiger partial charge in [-0.1, -0.05) is 29.8 Å². The minimum Gasteiger partial charge on any atom is -0.359 e. The van der Waals surface area contributed by atoms with Crippen molar-refractivity contribution >= 4 is 21.6 Å². The number of fused-ring (bicyclic) bond motifs is 1. The average molecular weight is 388 g/mol. The summed E-state index contributed by atoms with van der Waals surface area (Å²) in [6, 6.07) is 13.1. The normalized spacial score (nSPS) is 16.3. The molecule has 0 bridgehead atoms. The Bertz CT molecular complexity index is 955. The molecule has 3 rings (SSSR count). The van der Waals surface area contributed by atoms with Crippen molar-refractivity contribution in [1.82, 2.24) is 4.90 Å². The van der Waals surface area contributed by atoms with Gasteiger partial charge < -0.3 is 9.80 Å². The lowest BCUT2D eigenvalue weighted by atomic mass is 10.1. The Kier molecular flexibility index (Phi) is 5.26. The van der Waals surface area contributed by atoms with E-state index in [1.165, 1.54) is 11.6 Å². The van der Waals surface area contributed by atoms with E-state index in [0.717, 1.165) is 16.8 Å². The molecule has 0 saturated heterocycles. The van der Waals surface area contributed by atoms with Gasteiger partial charge in [0.2, 0.25) is 15.9 Å². The first kappa shape index (κ1) is 19.4. The van der Waals surface area contributed by atoms with E-state index in [0.29, 0.717) is 13.0 Å². The number of carbonyl (C=O) groups is 1. The van der Waals surface area contributed by atoms with Crippen molar-refractivity contribution in [1.29, 1.82) is 0 Å². The Hall–Kier alpha value is -2.38. The Morgan fingerprint density at radius 3 is 2.52 bits per heavy atom. The van der Waals surface area contributed by atoms with Crippen molar-refractivity contribution in [2.75, 3.05) is 18.5 Å². The fourth-order valence-corrected chi connectivity index (χ4v) is 3.98. The number of benzene rings is 2. The van der Waals surface area contributed by atoms with Gasteiger partial charge in [-0.2, -0.15) is 0 Å². The second-order valence-corrected chi connectivity index (χ2v) is 8.81. The Labute approximate surface area is 160 Å². The first-order valence-electron chi connectivity index (χ1n) is 8.87. The van der Waals surface area contributed by atoms with E-state index in [1.807, 2.05) is 43.0 Å². The summed E-state index contributed by atoms with van der Waals surface area (Å²) in [4.78, 5) is 16.6. The number of primary sulfonamides is 1. The van der Waals surface area contributed by atoms with Crippen LogP contribution in [0.15, 0.2) is 47.4 Å². The molecule has 0 saturated carbocycles. The zero-order chi connectivity index (χ0) is 19.8. The molecule has 0 spiro atoms. The van der Waals surface area contributed by atoms with Gasteiger partial charge in [-0.05, 0) is 49.6 Å². The quantitative estimate of drug-likeness (QED) is 0.851. The lowest BCUT2D eigenvalue weighted by Gasteiger charge is -2.27. The number of aryl methyl sites for hydroxylation is 1. The van der Waals surface area contributed by atoms with Crippen LogP contribution in [0.5, 0.6) is 0 Å². The highest BCUT2D eigenvalue weighted by Gasteiger charge is 2.29. The number of nitrogens with two attached hydrogens (primary N) is 1. The van der Waals surface area contributed by atoms with Crippen molar-refractivity contribution in [3.05, 3.63) is 59.2 Å². The number of likely N-dealkylation sites (N-methyl/N-ethyl adjacent to an activating group) is 1. The summed E-state index contributed by atoms with van der Waals surface area (Å²) in [6.07, 6.45) is 0.688. The third-order valence-corrected chi connectivity index (χ3v) is 5.92. The second kappa shape index (κ2) is 7.32. The van der Waals surface area contributed by atoms with Gasteiger partial charge in [0.1, 0.15) is 0 Å². The molecule has 2 aromatic carbocycles. The second-order valence-electron chi connectivity index (χ2n) is 7.25. The predicted octanol–water partition coefficient (Wildman–Crippen LogP) is 2.05. The van der Waals surface area contributed by atoms with Crippen LogP contribution in [-0.4, -0.2) is 38.9 Å². The van der Waals surface area contributed by atoms with Crippen molar-refractivity contribution in [2.24, 2.45) is 5.14 Å². The number of rotatable bonds is 5. The van der Waals surface area contributed by atoms with Crippen molar-refractivity contribution in [2.45, 2.75) is 37.8 Å². The monoisotopic (exact) mass is 387 g/mol. The molecule has 144 valence electrons. The molecule has 1 aliphatic heterocycles. The number of amides is 1. The van der Waals surface area contributed by atoms with E-state index < -0.39 is 10.0 Å². The van der Waals surface area contributed by atoms with Crippen LogP contribution >= 0.6 is 0 Å². The van der Waals surface area contributed by atoms with E-state index in [4.69, 9.17) is 5.14 Å². The number of hydrogen-bond donors (Lipinski definition) is 1. The molecule has 0 fully saturated rings. The molecule has 7 heteroatoms. The maximum Gasteiger partial charge on any atom is 0.242 e. The van der Waals surface area contributed by atoms with Gasteiger partial charge in [0.05, 0.1) is 11.4 Å². The van der Waals surface area contributed by atoms with Crippen LogP contribution in [-0.2, 0) is 27.8 Å². The first-order chi connectivity index (χ1) is 12.6. The van der Waals surface area contributed by atoms with Crippen LogP contribution in [0.4, 0.5) is 5.69 Å². The molecule has 27 heavy (non-hydrogen) atoms. The summed E-state index contributed by atoms with van der Waals surface area (Å²) in [7, 11) is -1.93. The van der Waals surface area contributed by atoms with Gasteiger partial charge in [-0.3, -0.25) is 4.79 Å². The molecule has 1 aliphatic rings. The Balaban J connectivity index is 1.72. The lowest BCUT2D eigenvalue weighted by molar-refractivity contribution is -0.129. The van der Waals surface area contributed by atoms with Gasteiger partial charge in [0, 0.05) is 25.3 Å². The third-order valence-electron chi connectivity index (χ3n) is 5.01. The zero-order valence-electron chi connectivity index (χ0n) is 15.8. The third kappa shape index (κ3) is 4.31.